The molecule has 0 unspecified atom stereocenters. The standard InChI is InChI=1S/C18H19ClN2S.ClH/c1-18(2,3)12-21(14-6-8-20-9-7-14)16-11-22-17-10-13(19)4-5-15(16)17;/h4-11H,12H2,1-3H3;1H. The zero-order chi connectivity index (χ0) is 15.7. The van der Waals surface area contributed by atoms with E-state index in [2.05, 4.69) is 54.2 Å². The van der Waals surface area contributed by atoms with Gasteiger partial charge in [0.15, 0.2) is 0 Å². The molecule has 0 aliphatic heterocycles. The zero-order valence-electron chi connectivity index (χ0n) is 13.4. The first-order chi connectivity index (χ1) is 10.4. The molecule has 0 bridgehead atoms. The van der Waals surface area contributed by atoms with Crippen LogP contribution in [-0.4, -0.2) is 11.5 Å². The van der Waals surface area contributed by atoms with Crippen molar-refractivity contribution in [2.45, 2.75) is 20.8 Å². The van der Waals surface area contributed by atoms with Gasteiger partial charge in [0.25, 0.3) is 0 Å². The molecule has 0 saturated heterocycles. The average molecular weight is 367 g/mol. The topological polar surface area (TPSA) is 16.1 Å². The van der Waals surface area contributed by atoms with Crippen LogP contribution in [0.2, 0.25) is 5.02 Å². The minimum atomic E-state index is 0. The molecule has 1 aromatic carbocycles. The van der Waals surface area contributed by atoms with Crippen molar-refractivity contribution in [3.05, 3.63) is 53.1 Å². The van der Waals surface area contributed by atoms with Gasteiger partial charge < -0.3 is 4.90 Å². The molecular weight excluding hydrogens is 347 g/mol. The molecule has 0 amide bonds. The lowest BCUT2D eigenvalue weighted by molar-refractivity contribution is 0.425. The quantitative estimate of drug-likeness (QED) is 0.521. The highest BCUT2D eigenvalue weighted by atomic mass is 35.5. The molecule has 0 radical (unpaired) electrons. The first kappa shape index (κ1) is 18.1. The van der Waals surface area contributed by atoms with E-state index < -0.39 is 0 Å². The first-order valence-electron chi connectivity index (χ1n) is 7.28. The molecule has 2 nitrogen and oxygen atoms in total. The van der Waals surface area contributed by atoms with Crippen LogP contribution in [0.5, 0.6) is 0 Å². The first-order valence-corrected chi connectivity index (χ1v) is 8.54. The summed E-state index contributed by atoms with van der Waals surface area (Å²) in [5.74, 6) is 0. The molecule has 0 spiro atoms. The van der Waals surface area contributed by atoms with Crippen molar-refractivity contribution in [3.63, 3.8) is 0 Å². The number of anilines is 2. The second-order valence-electron chi connectivity index (χ2n) is 6.61. The van der Waals surface area contributed by atoms with Gasteiger partial charge in [-0.3, -0.25) is 4.98 Å². The third kappa shape index (κ3) is 4.17. The highest BCUT2D eigenvalue weighted by molar-refractivity contribution is 7.17. The molecule has 5 heteroatoms. The number of halogens is 2. The van der Waals surface area contributed by atoms with E-state index in [9.17, 15) is 0 Å². The number of nitrogens with zero attached hydrogens (tertiary/aromatic N) is 2. The van der Waals surface area contributed by atoms with Gasteiger partial charge >= 0.3 is 0 Å². The third-order valence-electron chi connectivity index (χ3n) is 3.41. The Labute approximate surface area is 152 Å². The lowest BCUT2D eigenvalue weighted by Gasteiger charge is -2.31. The van der Waals surface area contributed by atoms with Crippen LogP contribution in [0, 0.1) is 5.41 Å². The van der Waals surface area contributed by atoms with E-state index in [0.717, 1.165) is 11.6 Å². The van der Waals surface area contributed by atoms with Gasteiger partial charge in [0.05, 0.1) is 5.69 Å². The number of hydrogen-bond donors (Lipinski definition) is 0. The van der Waals surface area contributed by atoms with Gasteiger partial charge in [0.1, 0.15) is 0 Å². The summed E-state index contributed by atoms with van der Waals surface area (Å²) in [7, 11) is 0. The summed E-state index contributed by atoms with van der Waals surface area (Å²) < 4.78 is 1.22. The van der Waals surface area contributed by atoms with Gasteiger partial charge in [0, 0.05) is 45.1 Å². The molecule has 3 rings (SSSR count). The number of rotatable bonds is 3. The van der Waals surface area contributed by atoms with E-state index >= 15 is 0 Å². The molecule has 0 aliphatic carbocycles. The molecule has 0 atom stereocenters. The van der Waals surface area contributed by atoms with Crippen molar-refractivity contribution in [2.75, 3.05) is 11.4 Å². The minimum Gasteiger partial charge on any atom is -0.340 e. The summed E-state index contributed by atoms with van der Waals surface area (Å²) in [5.41, 5.74) is 2.58. The molecule has 0 saturated carbocycles. The van der Waals surface area contributed by atoms with E-state index in [1.807, 2.05) is 24.5 Å². The Balaban J connectivity index is 0.00000192. The summed E-state index contributed by atoms with van der Waals surface area (Å²) in [6.45, 7) is 7.71. The molecule has 0 N–H and O–H groups in total. The minimum absolute atomic E-state index is 0. The second-order valence-corrected chi connectivity index (χ2v) is 7.96. The van der Waals surface area contributed by atoms with Crippen molar-refractivity contribution in [1.82, 2.24) is 4.98 Å². The third-order valence-corrected chi connectivity index (χ3v) is 4.58. The van der Waals surface area contributed by atoms with Gasteiger partial charge in [0.2, 0.25) is 0 Å². The molecule has 122 valence electrons. The normalized spacial score (nSPS) is 11.3. The maximum atomic E-state index is 6.12. The summed E-state index contributed by atoms with van der Waals surface area (Å²) in [6.07, 6.45) is 3.69. The molecule has 0 aliphatic rings. The van der Waals surface area contributed by atoms with Gasteiger partial charge in [-0.2, -0.15) is 0 Å². The fourth-order valence-corrected chi connectivity index (χ4v) is 3.74. The number of pyridine rings is 1. The number of aromatic nitrogens is 1. The number of fused-ring (bicyclic) bond motifs is 1. The molecule has 2 aromatic heterocycles. The van der Waals surface area contributed by atoms with Crippen molar-refractivity contribution in [2.24, 2.45) is 5.41 Å². The van der Waals surface area contributed by atoms with E-state index in [0.29, 0.717) is 0 Å². The van der Waals surface area contributed by atoms with E-state index in [1.54, 1.807) is 11.3 Å². The van der Waals surface area contributed by atoms with E-state index in [1.165, 1.54) is 21.5 Å². The molecule has 3 aromatic rings. The Morgan fingerprint density at radius 1 is 1.13 bits per heavy atom. The van der Waals surface area contributed by atoms with Crippen LogP contribution in [0.25, 0.3) is 10.1 Å². The second kappa shape index (κ2) is 7.08. The number of benzene rings is 1. The van der Waals surface area contributed by atoms with Crippen LogP contribution >= 0.6 is 35.3 Å². The lowest BCUT2D eigenvalue weighted by Crippen LogP contribution is -2.28. The van der Waals surface area contributed by atoms with Gasteiger partial charge in [-0.25, -0.2) is 0 Å². The van der Waals surface area contributed by atoms with Crippen LogP contribution in [0.3, 0.4) is 0 Å². The Morgan fingerprint density at radius 2 is 1.83 bits per heavy atom. The Bertz CT molecular complexity index is 779. The predicted octanol–water partition coefficient (Wildman–Crippen LogP) is 6.56. The van der Waals surface area contributed by atoms with Crippen molar-refractivity contribution < 1.29 is 0 Å². The smallest absolute Gasteiger partial charge is 0.0599 e. The van der Waals surface area contributed by atoms with Gasteiger partial charge in [-0.15, -0.1) is 23.7 Å². The summed E-state index contributed by atoms with van der Waals surface area (Å²) in [5, 5.41) is 4.25. The predicted molar refractivity (Wildman–Crippen MR) is 105 cm³/mol. The lowest BCUT2D eigenvalue weighted by atomic mass is 9.95. The maximum Gasteiger partial charge on any atom is 0.0599 e. The van der Waals surface area contributed by atoms with Crippen LogP contribution in [0.1, 0.15) is 20.8 Å². The highest BCUT2D eigenvalue weighted by Gasteiger charge is 2.21. The largest absolute Gasteiger partial charge is 0.340 e. The summed E-state index contributed by atoms with van der Waals surface area (Å²) in [6, 6.07) is 10.2. The average Bonchev–Trinajstić information content (AvgIpc) is 2.87. The van der Waals surface area contributed by atoms with Crippen molar-refractivity contribution >= 4 is 56.8 Å². The Hall–Kier alpha value is -1.29. The summed E-state index contributed by atoms with van der Waals surface area (Å²) in [4.78, 5) is 6.51. The monoisotopic (exact) mass is 366 g/mol. The SMILES string of the molecule is CC(C)(C)CN(c1ccncc1)c1csc2cc(Cl)ccc12.Cl. The van der Waals surface area contributed by atoms with Crippen molar-refractivity contribution in [1.29, 1.82) is 0 Å². The van der Waals surface area contributed by atoms with E-state index in [4.69, 9.17) is 11.6 Å². The number of thiophene rings is 1. The van der Waals surface area contributed by atoms with E-state index in [-0.39, 0.29) is 17.8 Å². The van der Waals surface area contributed by atoms with Crippen LogP contribution < -0.4 is 4.90 Å². The molecule has 2 heterocycles. The van der Waals surface area contributed by atoms with Crippen LogP contribution in [0.4, 0.5) is 11.4 Å². The van der Waals surface area contributed by atoms with Crippen LogP contribution in [-0.2, 0) is 0 Å². The van der Waals surface area contributed by atoms with Gasteiger partial charge in [-0.1, -0.05) is 32.4 Å². The zero-order valence-corrected chi connectivity index (χ0v) is 15.8. The summed E-state index contributed by atoms with van der Waals surface area (Å²) >= 11 is 7.85. The molecular formula is C18H20Cl2N2S. The molecule has 23 heavy (non-hydrogen) atoms. The molecule has 0 fully saturated rings. The fraction of sp³-hybridized carbons (Fsp3) is 0.278. The Kier molecular flexibility index (Phi) is 5.56. The fourth-order valence-electron chi connectivity index (χ4n) is 2.51. The van der Waals surface area contributed by atoms with Crippen LogP contribution in [0.15, 0.2) is 48.1 Å². The van der Waals surface area contributed by atoms with Gasteiger partial charge in [-0.05, 0) is 35.7 Å². The highest BCUT2D eigenvalue weighted by Crippen LogP contribution is 2.39. The van der Waals surface area contributed by atoms with Crippen molar-refractivity contribution in [3.8, 4) is 0 Å². The maximum absolute atomic E-state index is 6.12. The number of hydrogen-bond acceptors (Lipinski definition) is 3. The Morgan fingerprint density at radius 3 is 2.48 bits per heavy atom.